The zero-order valence-corrected chi connectivity index (χ0v) is 12.0. The number of ether oxygens (including phenoxy) is 1. The van der Waals surface area contributed by atoms with Crippen molar-refractivity contribution in [3.63, 3.8) is 0 Å². The van der Waals surface area contributed by atoms with Crippen LogP contribution in [0.5, 0.6) is 5.75 Å². The smallest absolute Gasteiger partial charge is 0.307 e. The molecule has 1 atom stereocenters. The van der Waals surface area contributed by atoms with Crippen LogP contribution in [0.4, 0.5) is 0 Å². The molecule has 1 unspecified atom stereocenters. The van der Waals surface area contributed by atoms with E-state index in [1.807, 2.05) is 12.1 Å². The summed E-state index contributed by atoms with van der Waals surface area (Å²) < 4.78 is 5.76. The predicted molar refractivity (Wildman–Crippen MR) is 78.1 cm³/mol. The fourth-order valence-electron chi connectivity index (χ4n) is 2.61. The van der Waals surface area contributed by atoms with Crippen molar-refractivity contribution < 1.29 is 14.6 Å². The predicted octanol–water partition coefficient (Wildman–Crippen LogP) is 2.42. The largest absolute Gasteiger partial charge is 0.492 e. The molecule has 1 aliphatic rings. The highest BCUT2D eigenvalue weighted by atomic mass is 16.5. The summed E-state index contributed by atoms with van der Waals surface area (Å²) in [5, 5.41) is 9.06. The number of hydrogen-bond acceptors (Lipinski definition) is 3. The van der Waals surface area contributed by atoms with Gasteiger partial charge in [0, 0.05) is 13.1 Å². The molecule has 1 heterocycles. The summed E-state index contributed by atoms with van der Waals surface area (Å²) >= 11 is 0. The topological polar surface area (TPSA) is 49.8 Å². The van der Waals surface area contributed by atoms with Gasteiger partial charge in [-0.15, -0.1) is 0 Å². The molecule has 1 N–H and O–H groups in total. The molecule has 0 radical (unpaired) electrons. The molecule has 4 nitrogen and oxygen atoms in total. The molecule has 110 valence electrons. The van der Waals surface area contributed by atoms with Gasteiger partial charge in [0.1, 0.15) is 12.4 Å². The van der Waals surface area contributed by atoms with Gasteiger partial charge in [0.05, 0.1) is 5.92 Å². The normalized spacial score (nSPS) is 19.8. The van der Waals surface area contributed by atoms with E-state index in [1.165, 1.54) is 5.56 Å². The van der Waals surface area contributed by atoms with E-state index in [9.17, 15) is 4.79 Å². The van der Waals surface area contributed by atoms with Crippen molar-refractivity contribution in [2.24, 2.45) is 5.92 Å². The minimum absolute atomic E-state index is 0.216. The summed E-state index contributed by atoms with van der Waals surface area (Å²) in [5.41, 5.74) is 1.27. The van der Waals surface area contributed by atoms with Crippen molar-refractivity contribution in [2.75, 3.05) is 26.2 Å². The van der Waals surface area contributed by atoms with Gasteiger partial charge >= 0.3 is 5.97 Å². The van der Waals surface area contributed by atoms with E-state index in [-0.39, 0.29) is 5.92 Å². The van der Waals surface area contributed by atoms with Crippen LogP contribution in [0.25, 0.3) is 0 Å². The van der Waals surface area contributed by atoms with E-state index in [2.05, 4.69) is 24.0 Å². The SMILES string of the molecule is CCc1cccc(OCCN2CCCC(C(=O)O)C2)c1. The molecule has 0 aliphatic carbocycles. The highest BCUT2D eigenvalue weighted by Gasteiger charge is 2.24. The van der Waals surface area contributed by atoms with Gasteiger partial charge in [-0.3, -0.25) is 9.69 Å². The second kappa shape index (κ2) is 7.29. The molecule has 1 aromatic carbocycles. The first-order valence-corrected chi connectivity index (χ1v) is 7.36. The van der Waals surface area contributed by atoms with Crippen LogP contribution in [0.15, 0.2) is 24.3 Å². The summed E-state index contributed by atoms with van der Waals surface area (Å²) in [6.45, 7) is 5.15. The van der Waals surface area contributed by atoms with E-state index >= 15 is 0 Å². The number of nitrogens with zero attached hydrogens (tertiary/aromatic N) is 1. The monoisotopic (exact) mass is 277 g/mol. The molecule has 1 fully saturated rings. The van der Waals surface area contributed by atoms with Gasteiger partial charge in [0.15, 0.2) is 0 Å². The first-order chi connectivity index (χ1) is 9.69. The third-order valence-electron chi connectivity index (χ3n) is 3.84. The maximum Gasteiger partial charge on any atom is 0.307 e. The average Bonchev–Trinajstić information content (AvgIpc) is 2.48. The van der Waals surface area contributed by atoms with E-state index in [0.717, 1.165) is 38.1 Å². The van der Waals surface area contributed by atoms with Gasteiger partial charge in [-0.05, 0) is 43.5 Å². The zero-order chi connectivity index (χ0) is 14.4. The molecule has 0 amide bonds. The third kappa shape index (κ3) is 4.23. The highest BCUT2D eigenvalue weighted by Crippen LogP contribution is 2.17. The van der Waals surface area contributed by atoms with E-state index < -0.39 is 5.97 Å². The Bertz CT molecular complexity index is 447. The van der Waals surface area contributed by atoms with Gasteiger partial charge in [-0.25, -0.2) is 0 Å². The lowest BCUT2D eigenvalue weighted by Gasteiger charge is -2.30. The van der Waals surface area contributed by atoms with Gasteiger partial charge in [0.2, 0.25) is 0 Å². The molecular formula is C16H23NO3. The highest BCUT2D eigenvalue weighted by molar-refractivity contribution is 5.70. The van der Waals surface area contributed by atoms with Gasteiger partial charge in [-0.2, -0.15) is 0 Å². The van der Waals surface area contributed by atoms with Crippen LogP contribution in [-0.2, 0) is 11.2 Å². The Hall–Kier alpha value is -1.55. The maximum absolute atomic E-state index is 11.0. The molecule has 0 spiro atoms. The first-order valence-electron chi connectivity index (χ1n) is 7.36. The molecule has 0 aromatic heterocycles. The van der Waals surface area contributed by atoms with Crippen LogP contribution in [0, 0.1) is 5.92 Å². The number of carboxylic acids is 1. The van der Waals surface area contributed by atoms with Crippen LogP contribution in [0.1, 0.15) is 25.3 Å². The fraction of sp³-hybridized carbons (Fsp3) is 0.562. The van der Waals surface area contributed by atoms with E-state index in [0.29, 0.717) is 13.2 Å². The van der Waals surface area contributed by atoms with Crippen molar-refractivity contribution >= 4 is 5.97 Å². The summed E-state index contributed by atoms with van der Waals surface area (Å²) in [6.07, 6.45) is 2.76. The van der Waals surface area contributed by atoms with Crippen molar-refractivity contribution in [2.45, 2.75) is 26.2 Å². The second-order valence-electron chi connectivity index (χ2n) is 5.33. The number of aryl methyl sites for hydroxylation is 1. The van der Waals surface area contributed by atoms with E-state index in [1.54, 1.807) is 0 Å². The molecule has 1 aliphatic heterocycles. The number of rotatable bonds is 6. The van der Waals surface area contributed by atoms with Crippen LogP contribution in [0.2, 0.25) is 0 Å². The second-order valence-corrected chi connectivity index (χ2v) is 5.33. The number of carboxylic acid groups (broad SMARTS) is 1. The van der Waals surface area contributed by atoms with Crippen molar-refractivity contribution in [1.82, 2.24) is 4.90 Å². The zero-order valence-electron chi connectivity index (χ0n) is 12.0. The van der Waals surface area contributed by atoms with Gasteiger partial charge in [-0.1, -0.05) is 19.1 Å². The minimum Gasteiger partial charge on any atom is -0.492 e. The number of piperidine rings is 1. The van der Waals surface area contributed by atoms with Crippen molar-refractivity contribution in [3.8, 4) is 5.75 Å². The summed E-state index contributed by atoms with van der Waals surface area (Å²) in [5.74, 6) is 0.00887. The minimum atomic E-state index is -0.675. The Labute approximate surface area is 120 Å². The van der Waals surface area contributed by atoms with E-state index in [4.69, 9.17) is 9.84 Å². The Balaban J connectivity index is 1.76. The van der Waals surface area contributed by atoms with Gasteiger partial charge < -0.3 is 9.84 Å². The Morgan fingerprint density at radius 2 is 2.35 bits per heavy atom. The number of benzene rings is 1. The molecule has 4 heteroatoms. The summed E-state index contributed by atoms with van der Waals surface area (Å²) in [6, 6.07) is 8.14. The lowest BCUT2D eigenvalue weighted by molar-refractivity contribution is -0.143. The summed E-state index contributed by atoms with van der Waals surface area (Å²) in [4.78, 5) is 13.2. The number of carbonyl (C=O) groups is 1. The van der Waals surface area contributed by atoms with Crippen LogP contribution in [0.3, 0.4) is 0 Å². The lowest BCUT2D eigenvalue weighted by atomic mass is 9.98. The lowest BCUT2D eigenvalue weighted by Crippen LogP contribution is -2.40. The van der Waals surface area contributed by atoms with Crippen LogP contribution in [-0.4, -0.2) is 42.2 Å². The quantitative estimate of drug-likeness (QED) is 0.867. The maximum atomic E-state index is 11.0. The number of hydrogen-bond donors (Lipinski definition) is 1. The first kappa shape index (κ1) is 14.9. The van der Waals surface area contributed by atoms with Crippen LogP contribution < -0.4 is 4.74 Å². The molecular weight excluding hydrogens is 254 g/mol. The fourth-order valence-corrected chi connectivity index (χ4v) is 2.61. The van der Waals surface area contributed by atoms with Gasteiger partial charge in [0.25, 0.3) is 0 Å². The van der Waals surface area contributed by atoms with Crippen LogP contribution >= 0.6 is 0 Å². The Morgan fingerprint density at radius 1 is 1.50 bits per heavy atom. The number of likely N-dealkylation sites (tertiary alicyclic amines) is 1. The molecule has 2 rings (SSSR count). The molecule has 1 saturated heterocycles. The molecule has 1 aromatic rings. The Kier molecular flexibility index (Phi) is 5.41. The number of aliphatic carboxylic acids is 1. The van der Waals surface area contributed by atoms with Crippen molar-refractivity contribution in [3.05, 3.63) is 29.8 Å². The molecule has 20 heavy (non-hydrogen) atoms. The molecule has 0 bridgehead atoms. The average molecular weight is 277 g/mol. The third-order valence-corrected chi connectivity index (χ3v) is 3.84. The standard InChI is InChI=1S/C16H23NO3/c1-2-13-5-3-7-15(11-13)20-10-9-17-8-4-6-14(12-17)16(18)19/h3,5,7,11,14H,2,4,6,8-10,12H2,1H3,(H,18,19). The Morgan fingerprint density at radius 3 is 3.10 bits per heavy atom. The summed E-state index contributed by atoms with van der Waals surface area (Å²) in [7, 11) is 0. The van der Waals surface area contributed by atoms with Crippen molar-refractivity contribution in [1.29, 1.82) is 0 Å². The molecule has 0 saturated carbocycles.